The molecule has 1 heterocycles. The van der Waals surface area contributed by atoms with E-state index in [1.165, 1.54) is 18.2 Å². The Hall–Kier alpha value is -2.71. The second kappa shape index (κ2) is 12.5. The van der Waals surface area contributed by atoms with Gasteiger partial charge in [0.1, 0.15) is 17.4 Å². The van der Waals surface area contributed by atoms with Crippen molar-refractivity contribution >= 4 is 29.1 Å². The molecule has 1 aliphatic heterocycles. The van der Waals surface area contributed by atoms with Crippen LogP contribution >= 0.6 is 23.2 Å². The molecule has 36 heavy (non-hydrogen) atoms. The highest BCUT2D eigenvalue weighted by Crippen LogP contribution is 2.25. The zero-order valence-corrected chi connectivity index (χ0v) is 21.0. The molecule has 3 aromatic carbocycles. The average Bonchev–Trinajstić information content (AvgIpc) is 2.88. The van der Waals surface area contributed by atoms with Crippen LogP contribution in [0.25, 0.3) is 0 Å². The van der Waals surface area contributed by atoms with Crippen molar-refractivity contribution in [3.05, 3.63) is 99.5 Å². The Bertz CT molecular complexity index is 1130. The fourth-order valence-corrected chi connectivity index (χ4v) is 4.22. The molecule has 1 atom stereocenters. The lowest BCUT2D eigenvalue weighted by Gasteiger charge is -2.36. The third-order valence-electron chi connectivity index (χ3n) is 6.06. The number of piperazine rings is 1. The van der Waals surface area contributed by atoms with Gasteiger partial charge in [0.05, 0.1) is 12.7 Å². The summed E-state index contributed by atoms with van der Waals surface area (Å²) in [5.74, 6) is -0.790. The fourth-order valence-electron chi connectivity index (χ4n) is 3.97. The minimum Gasteiger partial charge on any atom is -0.484 e. The summed E-state index contributed by atoms with van der Waals surface area (Å²) in [4.78, 5) is 16.5. The van der Waals surface area contributed by atoms with Gasteiger partial charge in [-0.2, -0.15) is 0 Å². The lowest BCUT2D eigenvalue weighted by Crippen LogP contribution is -2.50. The van der Waals surface area contributed by atoms with Crippen LogP contribution < -0.4 is 4.74 Å². The number of amides is 1. The molecule has 0 bridgehead atoms. The molecule has 4 rings (SSSR count). The molecule has 190 valence electrons. The number of halogens is 4. The largest absolute Gasteiger partial charge is 0.484 e. The molecule has 0 aliphatic carbocycles. The summed E-state index contributed by atoms with van der Waals surface area (Å²) in [7, 11) is 0. The molecule has 0 aromatic heterocycles. The Morgan fingerprint density at radius 1 is 0.861 bits per heavy atom. The molecule has 5 nitrogen and oxygen atoms in total. The normalized spacial score (nSPS) is 15.1. The minimum absolute atomic E-state index is 0.0493. The molecular formula is C27H26Cl2F2N2O3. The topological polar surface area (TPSA) is 42.0 Å². The Labute approximate surface area is 219 Å². The van der Waals surface area contributed by atoms with Gasteiger partial charge in [-0.3, -0.25) is 9.69 Å². The minimum atomic E-state index is -0.641. The van der Waals surface area contributed by atoms with Gasteiger partial charge >= 0.3 is 0 Å². The number of hydrogen-bond acceptors (Lipinski definition) is 4. The van der Waals surface area contributed by atoms with Crippen LogP contribution in [0, 0.1) is 11.6 Å². The van der Waals surface area contributed by atoms with Crippen molar-refractivity contribution in [3.63, 3.8) is 0 Å². The first-order valence-electron chi connectivity index (χ1n) is 11.6. The van der Waals surface area contributed by atoms with Gasteiger partial charge in [-0.15, -0.1) is 0 Å². The number of carbonyl (C=O) groups is 1. The zero-order valence-electron chi connectivity index (χ0n) is 19.5. The smallest absolute Gasteiger partial charge is 0.260 e. The quantitative estimate of drug-likeness (QED) is 0.350. The first-order chi connectivity index (χ1) is 17.4. The highest BCUT2D eigenvalue weighted by Gasteiger charge is 2.25. The van der Waals surface area contributed by atoms with Crippen molar-refractivity contribution in [2.75, 3.05) is 39.3 Å². The summed E-state index contributed by atoms with van der Waals surface area (Å²) in [6, 6.07) is 17.8. The van der Waals surface area contributed by atoms with Crippen molar-refractivity contribution in [3.8, 4) is 5.75 Å². The molecule has 0 saturated carbocycles. The maximum Gasteiger partial charge on any atom is 0.260 e. The van der Waals surface area contributed by atoms with E-state index in [0.29, 0.717) is 48.5 Å². The Morgan fingerprint density at radius 3 is 2.06 bits per heavy atom. The molecule has 1 amide bonds. The predicted molar refractivity (Wildman–Crippen MR) is 135 cm³/mol. The molecule has 1 fully saturated rings. The summed E-state index contributed by atoms with van der Waals surface area (Å²) in [6.07, 6.45) is -0.434. The summed E-state index contributed by atoms with van der Waals surface area (Å²) in [5, 5.41) is 1.19. The Kier molecular flexibility index (Phi) is 9.15. The first-order valence-corrected chi connectivity index (χ1v) is 12.3. The van der Waals surface area contributed by atoms with Crippen LogP contribution in [0.5, 0.6) is 5.75 Å². The standard InChI is InChI=1S/C27H26Cl2F2N2O3/c28-20-6-4-19(5-7-20)26(36-17-23-24(30)2-1-3-25(23)31)16-32-12-14-33(15-13-32)27(34)18-35-22-10-8-21(29)9-11-22/h1-11,26H,12-18H2/t26-/m0/s1. The Balaban J connectivity index is 1.33. The molecule has 0 radical (unpaired) electrons. The zero-order chi connectivity index (χ0) is 25.5. The van der Waals surface area contributed by atoms with Crippen LogP contribution in [0.4, 0.5) is 8.78 Å². The number of ether oxygens (including phenoxy) is 2. The van der Waals surface area contributed by atoms with Gasteiger partial charge in [-0.25, -0.2) is 8.78 Å². The van der Waals surface area contributed by atoms with Gasteiger partial charge in [0, 0.05) is 48.3 Å². The second-order valence-corrected chi connectivity index (χ2v) is 9.35. The number of hydrogen-bond donors (Lipinski definition) is 0. The fraction of sp³-hybridized carbons (Fsp3) is 0.296. The van der Waals surface area contributed by atoms with E-state index >= 15 is 0 Å². The maximum absolute atomic E-state index is 14.1. The van der Waals surface area contributed by atoms with E-state index in [1.807, 2.05) is 12.1 Å². The van der Waals surface area contributed by atoms with Crippen LogP contribution in [0.1, 0.15) is 17.2 Å². The molecule has 0 N–H and O–H groups in total. The molecule has 3 aromatic rings. The molecule has 1 aliphatic rings. The van der Waals surface area contributed by atoms with E-state index in [-0.39, 0.29) is 24.7 Å². The molecule has 9 heteroatoms. The van der Waals surface area contributed by atoms with Crippen molar-refractivity contribution in [1.82, 2.24) is 9.80 Å². The predicted octanol–water partition coefficient (Wildman–Crippen LogP) is 5.75. The highest BCUT2D eigenvalue weighted by molar-refractivity contribution is 6.30. The molecule has 1 saturated heterocycles. The van der Waals surface area contributed by atoms with E-state index in [0.717, 1.165) is 5.56 Å². The van der Waals surface area contributed by atoms with E-state index in [1.54, 1.807) is 41.3 Å². The Morgan fingerprint density at radius 2 is 1.44 bits per heavy atom. The lowest BCUT2D eigenvalue weighted by molar-refractivity contribution is -0.135. The van der Waals surface area contributed by atoms with E-state index in [4.69, 9.17) is 32.7 Å². The number of benzene rings is 3. The van der Waals surface area contributed by atoms with Crippen LogP contribution in [0.2, 0.25) is 10.0 Å². The van der Waals surface area contributed by atoms with Gasteiger partial charge in [0.15, 0.2) is 6.61 Å². The average molecular weight is 535 g/mol. The van der Waals surface area contributed by atoms with Crippen molar-refractivity contribution < 1.29 is 23.0 Å². The molecule has 0 spiro atoms. The van der Waals surface area contributed by atoms with Crippen LogP contribution in [-0.2, 0) is 16.1 Å². The monoisotopic (exact) mass is 534 g/mol. The van der Waals surface area contributed by atoms with Crippen molar-refractivity contribution in [1.29, 1.82) is 0 Å². The van der Waals surface area contributed by atoms with Gasteiger partial charge in [-0.1, -0.05) is 41.4 Å². The summed E-state index contributed by atoms with van der Waals surface area (Å²) < 4.78 is 39.8. The summed E-state index contributed by atoms with van der Waals surface area (Å²) in [6.45, 7) is 2.60. The number of nitrogens with zero attached hydrogens (tertiary/aromatic N) is 2. The highest BCUT2D eigenvalue weighted by atomic mass is 35.5. The summed E-state index contributed by atoms with van der Waals surface area (Å²) in [5.41, 5.74) is 0.749. The second-order valence-electron chi connectivity index (χ2n) is 8.48. The van der Waals surface area contributed by atoms with Gasteiger partial charge in [0.2, 0.25) is 0 Å². The number of rotatable bonds is 9. The van der Waals surface area contributed by atoms with Crippen LogP contribution in [-0.4, -0.2) is 55.0 Å². The molecular weight excluding hydrogens is 509 g/mol. The van der Waals surface area contributed by atoms with Gasteiger partial charge < -0.3 is 14.4 Å². The van der Waals surface area contributed by atoms with E-state index < -0.39 is 17.7 Å². The summed E-state index contributed by atoms with van der Waals surface area (Å²) >= 11 is 11.9. The maximum atomic E-state index is 14.1. The SMILES string of the molecule is O=C(COc1ccc(Cl)cc1)N1CCN(C[C@H](OCc2c(F)cccc2F)c2ccc(Cl)cc2)CC1. The number of carbonyl (C=O) groups excluding carboxylic acids is 1. The van der Waals surface area contributed by atoms with Gasteiger partial charge in [0.25, 0.3) is 5.91 Å². The van der Waals surface area contributed by atoms with Crippen molar-refractivity contribution in [2.24, 2.45) is 0 Å². The van der Waals surface area contributed by atoms with Crippen molar-refractivity contribution in [2.45, 2.75) is 12.7 Å². The lowest BCUT2D eigenvalue weighted by atomic mass is 10.1. The van der Waals surface area contributed by atoms with Crippen LogP contribution in [0.15, 0.2) is 66.7 Å². The third-order valence-corrected chi connectivity index (χ3v) is 6.56. The van der Waals surface area contributed by atoms with E-state index in [2.05, 4.69) is 4.90 Å². The third kappa shape index (κ3) is 7.17. The van der Waals surface area contributed by atoms with E-state index in [9.17, 15) is 13.6 Å². The first kappa shape index (κ1) is 26.4. The molecule has 0 unspecified atom stereocenters. The van der Waals surface area contributed by atoms with Gasteiger partial charge in [-0.05, 0) is 54.1 Å². The van der Waals surface area contributed by atoms with Crippen LogP contribution in [0.3, 0.4) is 0 Å².